The molecule has 2 saturated heterocycles. The molecule has 2 rings (SSSR count). The predicted octanol–water partition coefficient (Wildman–Crippen LogP) is 1.24. The van der Waals surface area contributed by atoms with Crippen molar-refractivity contribution in [2.75, 3.05) is 26.8 Å². The molecule has 13 heteroatoms. The van der Waals surface area contributed by atoms with E-state index in [-0.39, 0.29) is 73.1 Å². The summed E-state index contributed by atoms with van der Waals surface area (Å²) in [6.45, 7) is 21.8. The number of carboxylic acids is 1. The SMILES string of the molecule is CO[C@H]([C@@H](C)[C@H]1O[C@]1(C)C[C@H](C)/C=C/C=C(\C)[C@H]1O[C@@H](CC(=O)N[C@@H](CO[C-]=O)C(=O)O)CC[C@@H]1C)[C@@H](C)O.[CH2-]CN(I)C[CH2-].[Li+]. The molecule has 0 saturated carbocycles. The first kappa shape index (κ1) is 45.0. The molecule has 0 unspecified atom stereocenters. The summed E-state index contributed by atoms with van der Waals surface area (Å²) in [5.41, 5.74) is 0.800. The Kier molecular flexibility index (Phi) is 22.1. The smallest absolute Gasteiger partial charge is 0.651 e. The summed E-state index contributed by atoms with van der Waals surface area (Å²) < 4.78 is 24.1. The average Bonchev–Trinajstić information content (AvgIpc) is 3.65. The Labute approximate surface area is 302 Å². The summed E-state index contributed by atoms with van der Waals surface area (Å²) in [7, 11) is 1.61. The Morgan fingerprint density at radius 3 is 2.37 bits per heavy atom. The summed E-state index contributed by atoms with van der Waals surface area (Å²) in [4.78, 5) is 33.9. The van der Waals surface area contributed by atoms with Crippen LogP contribution in [0.25, 0.3) is 0 Å². The standard InChI is InChI=1S/C29H46NO9.C4H8IN.Li/c1-17(14-29(6)27(39-29)20(4)26(36-7)21(5)32)9-8-10-18(2)25-19(3)11-12-22(38-25)13-24(33)30-23(28(34)35)15-37-16-31;1-3-6(5)4-2;/h8-10,17,19-23,25-27,32H,11-15H2,1-7H3,(H,30,33)(H,34,35);1-4H2;/q-1;-2;+1/b9-8+,18-10+;;/t17-,19+,20-,21-,22-,23+,25-,26-,27-,29-;;/m1../s1. The molecule has 0 aliphatic carbocycles. The third-order valence-electron chi connectivity index (χ3n) is 8.30. The molecule has 0 spiro atoms. The summed E-state index contributed by atoms with van der Waals surface area (Å²) >= 11 is 2.18. The summed E-state index contributed by atoms with van der Waals surface area (Å²) in [5.74, 6) is -1.14. The fourth-order valence-electron chi connectivity index (χ4n) is 5.89. The van der Waals surface area contributed by atoms with Gasteiger partial charge in [-0.25, -0.2) is 4.79 Å². The first-order valence-corrected chi connectivity index (χ1v) is 16.5. The van der Waals surface area contributed by atoms with Crippen LogP contribution in [0.4, 0.5) is 0 Å². The molecule has 10 atom stereocenters. The van der Waals surface area contributed by atoms with Crippen molar-refractivity contribution in [1.29, 1.82) is 0 Å². The molecule has 0 radical (unpaired) electrons. The number of rotatable bonds is 18. The maximum Gasteiger partial charge on any atom is 1.00 e. The maximum atomic E-state index is 12.4. The molecule has 2 aliphatic rings. The number of carbonyl (C=O) groups excluding carboxylic acids is 2. The topological polar surface area (TPSA) is 147 Å². The first-order chi connectivity index (χ1) is 21.1. The van der Waals surface area contributed by atoms with Crippen molar-refractivity contribution in [2.45, 2.75) is 109 Å². The number of aliphatic hydroxyl groups excluding tert-OH is 1. The van der Waals surface area contributed by atoms with E-state index in [2.05, 4.69) is 80.5 Å². The van der Waals surface area contributed by atoms with Gasteiger partial charge in [0.1, 0.15) is 0 Å². The van der Waals surface area contributed by atoms with Crippen LogP contribution in [0, 0.1) is 31.6 Å². The fourth-order valence-corrected chi connectivity index (χ4v) is 5.89. The largest absolute Gasteiger partial charge is 1.00 e. The van der Waals surface area contributed by atoms with Crippen molar-refractivity contribution in [1.82, 2.24) is 8.43 Å². The second-order valence-electron chi connectivity index (χ2n) is 12.3. The van der Waals surface area contributed by atoms with Crippen molar-refractivity contribution in [2.24, 2.45) is 17.8 Å². The van der Waals surface area contributed by atoms with Gasteiger partial charge in [-0.15, -0.1) is 13.1 Å². The molecule has 11 nitrogen and oxygen atoms in total. The summed E-state index contributed by atoms with van der Waals surface area (Å²) in [5, 5.41) is 21.5. The van der Waals surface area contributed by atoms with Crippen LogP contribution < -0.4 is 24.2 Å². The van der Waals surface area contributed by atoms with Gasteiger partial charge in [-0.3, -0.25) is 4.79 Å². The minimum atomic E-state index is -1.33. The molecule has 260 valence electrons. The zero-order chi connectivity index (χ0) is 34.3. The van der Waals surface area contributed by atoms with E-state index in [1.807, 2.05) is 22.2 Å². The third-order valence-corrected chi connectivity index (χ3v) is 9.26. The van der Waals surface area contributed by atoms with E-state index in [1.54, 1.807) is 14.0 Å². The van der Waals surface area contributed by atoms with E-state index in [4.69, 9.17) is 14.2 Å². The van der Waals surface area contributed by atoms with E-state index >= 15 is 0 Å². The molecule has 1 amide bonds. The summed E-state index contributed by atoms with van der Waals surface area (Å²) in [6, 6.07) is -1.33. The van der Waals surface area contributed by atoms with Crippen molar-refractivity contribution in [3.8, 4) is 0 Å². The molecule has 0 aromatic rings. The normalized spacial score (nSPS) is 27.7. The van der Waals surface area contributed by atoms with Gasteiger partial charge in [0.15, 0.2) is 6.04 Å². The number of methoxy groups -OCH3 is 1. The Bertz CT molecular complexity index is 981. The van der Waals surface area contributed by atoms with Gasteiger partial charge < -0.3 is 56.2 Å². The van der Waals surface area contributed by atoms with Crippen LogP contribution in [-0.4, -0.2) is 101 Å². The van der Waals surface area contributed by atoms with E-state index < -0.39 is 30.6 Å². The number of epoxide rings is 1. The molecule has 2 aliphatic heterocycles. The van der Waals surface area contributed by atoms with Gasteiger partial charge in [-0.05, 0) is 57.4 Å². The van der Waals surface area contributed by atoms with Crippen LogP contribution in [0.5, 0.6) is 0 Å². The van der Waals surface area contributed by atoms with E-state index in [0.29, 0.717) is 6.42 Å². The second-order valence-corrected chi connectivity index (χ2v) is 13.7. The number of allylic oxidation sites excluding steroid dienone is 3. The number of nitrogens with zero attached hydrogens (tertiary/aromatic N) is 1. The predicted molar refractivity (Wildman–Crippen MR) is 181 cm³/mol. The van der Waals surface area contributed by atoms with Gasteiger partial charge in [0, 0.05) is 35.9 Å². The van der Waals surface area contributed by atoms with E-state index in [9.17, 15) is 24.6 Å². The molecular formula is C33H54ILiN2O9-2. The van der Waals surface area contributed by atoms with Gasteiger partial charge in [-0.1, -0.05) is 45.5 Å². The second kappa shape index (κ2) is 22.6. The molecule has 2 heterocycles. The van der Waals surface area contributed by atoms with E-state index in [0.717, 1.165) is 38.0 Å². The van der Waals surface area contributed by atoms with Gasteiger partial charge >= 0.3 is 24.8 Å². The molecule has 0 aromatic heterocycles. The van der Waals surface area contributed by atoms with Crippen LogP contribution in [0.3, 0.4) is 0 Å². The van der Waals surface area contributed by atoms with Crippen LogP contribution in [0.2, 0.25) is 0 Å². The van der Waals surface area contributed by atoms with Crippen molar-refractivity contribution in [3.05, 3.63) is 37.6 Å². The van der Waals surface area contributed by atoms with Crippen molar-refractivity contribution in [3.63, 3.8) is 0 Å². The number of aliphatic hydroxyl groups is 1. The van der Waals surface area contributed by atoms with Gasteiger partial charge in [0.25, 0.3) is 0 Å². The minimum Gasteiger partial charge on any atom is -0.651 e. The summed E-state index contributed by atoms with van der Waals surface area (Å²) in [6.07, 6.45) is 7.38. The van der Waals surface area contributed by atoms with Crippen LogP contribution >= 0.6 is 22.9 Å². The van der Waals surface area contributed by atoms with Crippen LogP contribution in [-0.2, 0) is 33.3 Å². The Morgan fingerprint density at radius 1 is 1.24 bits per heavy atom. The number of halogens is 1. The quantitative estimate of drug-likeness (QED) is 0.0467. The molecule has 0 bridgehead atoms. The Morgan fingerprint density at radius 2 is 1.87 bits per heavy atom. The van der Waals surface area contributed by atoms with E-state index in [1.165, 1.54) is 0 Å². The molecule has 2 fully saturated rings. The molecular weight excluding hydrogens is 702 g/mol. The van der Waals surface area contributed by atoms with Crippen molar-refractivity contribution >= 4 is 41.2 Å². The molecule has 0 aromatic carbocycles. The average molecular weight is 757 g/mol. The van der Waals surface area contributed by atoms with Gasteiger partial charge in [0.2, 0.25) is 5.91 Å². The minimum absolute atomic E-state index is 0. The number of hydrogen-bond acceptors (Lipinski definition) is 9. The van der Waals surface area contributed by atoms with Gasteiger partial charge in [0.05, 0.1) is 49.1 Å². The Hall–Kier alpha value is -0.983. The number of nitrogens with one attached hydrogen (secondary N) is 1. The van der Waals surface area contributed by atoms with Crippen LogP contribution in [0.15, 0.2) is 23.8 Å². The number of carbonyl (C=O) groups is 2. The van der Waals surface area contributed by atoms with Crippen molar-refractivity contribution < 1.29 is 62.4 Å². The zero-order valence-corrected chi connectivity index (χ0v) is 31.0. The van der Waals surface area contributed by atoms with Gasteiger partial charge in [-0.2, -0.15) is 0 Å². The Balaban J connectivity index is 0.00000263. The zero-order valence-electron chi connectivity index (χ0n) is 28.9. The third kappa shape index (κ3) is 15.5. The maximum absolute atomic E-state index is 12.4. The van der Waals surface area contributed by atoms with Crippen LogP contribution in [0.1, 0.15) is 67.2 Å². The monoisotopic (exact) mass is 756 g/mol. The molecule has 46 heavy (non-hydrogen) atoms. The first-order valence-electron chi connectivity index (χ1n) is 15.5. The number of hydrogen-bond donors (Lipinski definition) is 3. The number of aliphatic carboxylic acids is 1. The number of carboxylic acid groups (broad SMARTS) is 1. The number of amides is 1. The molecule has 3 N–H and O–H groups in total. The number of ether oxygens (including phenoxy) is 4. The fraction of sp³-hybridized carbons (Fsp3) is 0.727.